The molecule has 0 unspecified atom stereocenters. The maximum absolute atomic E-state index is 13.9. The molecule has 0 bridgehead atoms. The van der Waals surface area contributed by atoms with Gasteiger partial charge < -0.3 is 14.6 Å². The van der Waals surface area contributed by atoms with Crippen molar-refractivity contribution in [1.29, 1.82) is 0 Å². The number of fused-ring (bicyclic) bond motifs is 3. The lowest BCUT2D eigenvalue weighted by atomic mass is 9.88. The van der Waals surface area contributed by atoms with Crippen molar-refractivity contribution >= 4 is 38.2 Å². The Labute approximate surface area is 241 Å². The Hall–Kier alpha value is -4.75. The molecule has 7 heteroatoms. The van der Waals surface area contributed by atoms with Crippen molar-refractivity contribution in [1.82, 2.24) is 14.9 Å². The summed E-state index contributed by atoms with van der Waals surface area (Å²) >= 11 is 1.30. The van der Waals surface area contributed by atoms with Gasteiger partial charge in [0.05, 0.1) is 29.6 Å². The number of nitrogens with one attached hydrogen (secondary N) is 1. The van der Waals surface area contributed by atoms with E-state index in [1.165, 1.54) is 29.6 Å². The molecule has 3 aromatic heterocycles. The van der Waals surface area contributed by atoms with Crippen molar-refractivity contribution in [2.45, 2.75) is 18.9 Å². The SMILES string of the molecule is COc1c(C(=O)NCCC(c2ccccc2)c2ccccc2)sc2c1c(=O)n(Cc1ccccn1)c1ccccc21. The van der Waals surface area contributed by atoms with E-state index in [2.05, 4.69) is 34.6 Å². The van der Waals surface area contributed by atoms with Crippen LogP contribution in [0.4, 0.5) is 0 Å². The highest BCUT2D eigenvalue weighted by atomic mass is 32.1. The minimum Gasteiger partial charge on any atom is -0.494 e. The number of hydrogen-bond acceptors (Lipinski definition) is 5. The number of carbonyl (C=O) groups excluding carboxylic acids is 1. The summed E-state index contributed by atoms with van der Waals surface area (Å²) < 4.78 is 8.20. The molecule has 6 rings (SSSR count). The zero-order valence-electron chi connectivity index (χ0n) is 22.6. The van der Waals surface area contributed by atoms with Crippen LogP contribution in [0.1, 0.15) is 38.8 Å². The molecule has 3 aromatic carbocycles. The highest BCUT2D eigenvalue weighted by molar-refractivity contribution is 7.22. The van der Waals surface area contributed by atoms with Crippen molar-refractivity contribution in [3.63, 3.8) is 0 Å². The van der Waals surface area contributed by atoms with Crippen molar-refractivity contribution in [3.8, 4) is 5.75 Å². The fourth-order valence-electron chi connectivity index (χ4n) is 5.41. The van der Waals surface area contributed by atoms with E-state index in [4.69, 9.17) is 4.74 Å². The first kappa shape index (κ1) is 26.5. The number of aromatic nitrogens is 2. The average Bonchev–Trinajstić information content (AvgIpc) is 3.43. The molecule has 0 radical (unpaired) electrons. The van der Waals surface area contributed by atoms with Crippen LogP contribution in [0.5, 0.6) is 5.75 Å². The number of thiophene rings is 1. The van der Waals surface area contributed by atoms with Crippen molar-refractivity contribution in [3.05, 3.63) is 141 Å². The van der Waals surface area contributed by atoms with Gasteiger partial charge in [-0.15, -0.1) is 11.3 Å². The highest BCUT2D eigenvalue weighted by Crippen LogP contribution is 2.39. The topological polar surface area (TPSA) is 73.2 Å². The number of ether oxygens (including phenoxy) is 1. The molecule has 0 spiro atoms. The van der Waals surface area contributed by atoms with Gasteiger partial charge in [-0.05, 0) is 35.7 Å². The monoisotopic (exact) mass is 559 g/mol. The Bertz CT molecular complexity index is 1830. The van der Waals surface area contributed by atoms with E-state index in [0.29, 0.717) is 29.1 Å². The fourth-order valence-corrected chi connectivity index (χ4v) is 6.62. The first-order valence-corrected chi connectivity index (χ1v) is 14.4. The smallest absolute Gasteiger partial charge is 0.265 e. The third kappa shape index (κ3) is 5.24. The molecule has 6 nitrogen and oxygen atoms in total. The van der Waals surface area contributed by atoms with E-state index in [-0.39, 0.29) is 17.4 Å². The first-order chi connectivity index (χ1) is 20.2. The summed E-state index contributed by atoms with van der Waals surface area (Å²) in [5.74, 6) is 0.211. The summed E-state index contributed by atoms with van der Waals surface area (Å²) in [6.45, 7) is 0.784. The van der Waals surface area contributed by atoms with Crippen LogP contribution in [0.25, 0.3) is 21.0 Å². The Kier molecular flexibility index (Phi) is 7.60. The quantitative estimate of drug-likeness (QED) is 0.216. The van der Waals surface area contributed by atoms with Crippen LogP contribution >= 0.6 is 11.3 Å². The molecule has 0 aliphatic carbocycles. The first-order valence-electron chi connectivity index (χ1n) is 13.6. The van der Waals surface area contributed by atoms with Gasteiger partial charge in [-0.25, -0.2) is 0 Å². The van der Waals surface area contributed by atoms with Gasteiger partial charge >= 0.3 is 0 Å². The number of amides is 1. The Morgan fingerprint density at radius 3 is 2.22 bits per heavy atom. The van der Waals surface area contributed by atoms with Crippen LogP contribution in [0, 0.1) is 0 Å². The summed E-state index contributed by atoms with van der Waals surface area (Å²) in [6.07, 6.45) is 2.45. The second-order valence-electron chi connectivity index (χ2n) is 9.82. The Balaban J connectivity index is 1.33. The summed E-state index contributed by atoms with van der Waals surface area (Å²) in [5, 5.41) is 4.42. The number of hydrogen-bond donors (Lipinski definition) is 1. The van der Waals surface area contributed by atoms with E-state index >= 15 is 0 Å². The summed E-state index contributed by atoms with van der Waals surface area (Å²) in [4.78, 5) is 32.3. The van der Waals surface area contributed by atoms with Crippen LogP contribution in [-0.2, 0) is 6.54 Å². The van der Waals surface area contributed by atoms with Gasteiger partial charge in [0, 0.05) is 24.0 Å². The molecular weight excluding hydrogens is 530 g/mol. The van der Waals surface area contributed by atoms with Gasteiger partial charge in [-0.2, -0.15) is 0 Å². The average molecular weight is 560 g/mol. The number of para-hydroxylation sites is 1. The number of methoxy groups -OCH3 is 1. The van der Waals surface area contributed by atoms with Gasteiger partial charge in [0.15, 0.2) is 5.75 Å². The molecule has 0 atom stereocenters. The van der Waals surface area contributed by atoms with E-state index in [9.17, 15) is 9.59 Å². The Morgan fingerprint density at radius 2 is 1.56 bits per heavy atom. The second-order valence-corrected chi connectivity index (χ2v) is 10.8. The molecule has 0 saturated carbocycles. The molecule has 6 aromatic rings. The summed E-state index contributed by atoms with van der Waals surface area (Å²) in [7, 11) is 1.51. The standard InChI is InChI=1S/C34H29N3O3S/c1-40-30-29-31(27-17-8-9-18-28(27)37(34(29)39)22-25-16-10-11-20-35-25)41-32(30)33(38)36-21-19-26(23-12-4-2-5-13-23)24-14-6-3-7-15-24/h2-18,20,26H,19,21-22H2,1H3,(H,36,38). The maximum atomic E-state index is 13.9. The fraction of sp³-hybridized carbons (Fsp3) is 0.147. The highest BCUT2D eigenvalue weighted by Gasteiger charge is 2.25. The third-order valence-corrected chi connectivity index (χ3v) is 8.55. The molecule has 0 fully saturated rings. The number of nitrogens with zero attached hydrogens (tertiary/aromatic N) is 2. The molecule has 0 aliphatic rings. The number of benzene rings is 3. The zero-order chi connectivity index (χ0) is 28.2. The third-order valence-electron chi connectivity index (χ3n) is 7.34. The summed E-state index contributed by atoms with van der Waals surface area (Å²) in [6, 6.07) is 34.1. The Morgan fingerprint density at radius 1 is 0.902 bits per heavy atom. The molecular formula is C34H29N3O3S. The van der Waals surface area contributed by atoms with Gasteiger partial charge in [-0.3, -0.25) is 14.6 Å². The van der Waals surface area contributed by atoms with Gasteiger partial charge in [-0.1, -0.05) is 84.9 Å². The van der Waals surface area contributed by atoms with Crippen LogP contribution in [0.2, 0.25) is 0 Å². The lowest BCUT2D eigenvalue weighted by molar-refractivity contribution is 0.0954. The molecule has 41 heavy (non-hydrogen) atoms. The molecule has 0 saturated heterocycles. The largest absolute Gasteiger partial charge is 0.494 e. The van der Waals surface area contributed by atoms with Crippen LogP contribution < -0.4 is 15.6 Å². The van der Waals surface area contributed by atoms with Crippen molar-refractivity contribution in [2.75, 3.05) is 13.7 Å². The van der Waals surface area contributed by atoms with Crippen molar-refractivity contribution in [2.24, 2.45) is 0 Å². The van der Waals surface area contributed by atoms with Crippen molar-refractivity contribution < 1.29 is 9.53 Å². The minimum absolute atomic E-state index is 0.143. The molecule has 1 N–H and O–H groups in total. The van der Waals surface area contributed by atoms with E-state index in [0.717, 1.165) is 27.7 Å². The predicted molar refractivity (Wildman–Crippen MR) is 165 cm³/mol. The predicted octanol–water partition coefficient (Wildman–Crippen LogP) is 6.62. The van der Waals surface area contributed by atoms with E-state index < -0.39 is 0 Å². The van der Waals surface area contributed by atoms with E-state index in [1.54, 1.807) is 10.8 Å². The molecule has 204 valence electrons. The van der Waals surface area contributed by atoms with Gasteiger partial charge in [0.2, 0.25) is 0 Å². The summed E-state index contributed by atoms with van der Waals surface area (Å²) in [5.41, 5.74) is 3.77. The lowest BCUT2D eigenvalue weighted by Gasteiger charge is -2.18. The number of pyridine rings is 2. The lowest BCUT2D eigenvalue weighted by Crippen LogP contribution is -2.25. The molecule has 1 amide bonds. The van der Waals surface area contributed by atoms with Gasteiger partial charge in [0.25, 0.3) is 11.5 Å². The van der Waals surface area contributed by atoms with Crippen LogP contribution in [0.3, 0.4) is 0 Å². The number of carbonyl (C=O) groups is 1. The molecule has 3 heterocycles. The minimum atomic E-state index is -0.248. The van der Waals surface area contributed by atoms with E-state index in [1.807, 2.05) is 78.9 Å². The normalized spacial score (nSPS) is 11.3. The molecule has 0 aliphatic heterocycles. The number of rotatable bonds is 9. The van der Waals surface area contributed by atoms with Crippen LogP contribution in [0.15, 0.2) is 114 Å². The van der Waals surface area contributed by atoms with Crippen LogP contribution in [-0.4, -0.2) is 29.1 Å². The van der Waals surface area contributed by atoms with Gasteiger partial charge in [0.1, 0.15) is 10.3 Å². The maximum Gasteiger partial charge on any atom is 0.265 e. The zero-order valence-corrected chi connectivity index (χ0v) is 23.4. The second kappa shape index (κ2) is 11.8.